The Hall–Kier alpha value is -3.24. The molecule has 0 radical (unpaired) electrons. The van der Waals surface area contributed by atoms with Crippen LogP contribution in [-0.4, -0.2) is 60.4 Å². The van der Waals surface area contributed by atoms with Crippen molar-refractivity contribution in [2.45, 2.75) is 38.5 Å². The maximum Gasteiger partial charge on any atom is 0.280 e. The molecule has 34 heavy (non-hydrogen) atoms. The number of ether oxygens (including phenoxy) is 1. The number of benzene rings is 2. The van der Waals surface area contributed by atoms with E-state index in [0.717, 1.165) is 17.7 Å². The van der Waals surface area contributed by atoms with Gasteiger partial charge in [0.05, 0.1) is 23.4 Å². The Morgan fingerprint density at radius 2 is 1.91 bits per heavy atom. The van der Waals surface area contributed by atoms with E-state index in [1.807, 2.05) is 38.1 Å². The van der Waals surface area contributed by atoms with Crippen molar-refractivity contribution in [3.8, 4) is 11.4 Å². The molecule has 0 spiro atoms. The maximum absolute atomic E-state index is 13.5. The smallest absolute Gasteiger partial charge is 0.280 e. The van der Waals surface area contributed by atoms with Crippen LogP contribution in [0.3, 0.4) is 0 Å². The normalized spacial score (nSPS) is 13.7. The van der Waals surface area contributed by atoms with Gasteiger partial charge in [-0.25, -0.2) is 13.1 Å². The molecule has 0 aliphatic carbocycles. The Balaban J connectivity index is 1.66. The van der Waals surface area contributed by atoms with Crippen LogP contribution < -0.4 is 9.64 Å². The van der Waals surface area contributed by atoms with Crippen LogP contribution in [0, 0.1) is 6.92 Å². The van der Waals surface area contributed by atoms with E-state index in [2.05, 4.69) is 10.3 Å². The van der Waals surface area contributed by atoms with Gasteiger partial charge in [0, 0.05) is 31.4 Å². The number of hydrogen-bond acceptors (Lipinski definition) is 6. The highest BCUT2D eigenvalue weighted by Crippen LogP contribution is 2.32. The lowest BCUT2D eigenvalue weighted by atomic mass is 10.0. The van der Waals surface area contributed by atoms with Gasteiger partial charge in [0.25, 0.3) is 5.91 Å². The highest BCUT2D eigenvalue weighted by Gasteiger charge is 2.30. The van der Waals surface area contributed by atoms with Crippen molar-refractivity contribution >= 4 is 21.6 Å². The molecular weight excluding hydrogens is 454 g/mol. The van der Waals surface area contributed by atoms with Crippen molar-refractivity contribution in [2.75, 3.05) is 31.6 Å². The fourth-order valence-electron chi connectivity index (χ4n) is 4.30. The van der Waals surface area contributed by atoms with Crippen LogP contribution in [0.4, 0.5) is 5.69 Å². The number of hydrogen-bond donors (Lipinski definition) is 0. The number of anilines is 1. The van der Waals surface area contributed by atoms with Gasteiger partial charge in [-0.05, 0) is 55.7 Å². The van der Waals surface area contributed by atoms with Crippen LogP contribution in [0.25, 0.3) is 5.69 Å². The van der Waals surface area contributed by atoms with E-state index < -0.39 is 10.0 Å². The van der Waals surface area contributed by atoms with Crippen LogP contribution in [0.15, 0.2) is 47.4 Å². The number of sulfonamides is 1. The molecule has 1 amide bonds. The number of carbonyl (C=O) groups is 1. The molecule has 1 aliphatic heterocycles. The van der Waals surface area contributed by atoms with E-state index in [0.29, 0.717) is 43.2 Å². The third-order valence-electron chi connectivity index (χ3n) is 6.15. The first-order valence-electron chi connectivity index (χ1n) is 11.3. The summed E-state index contributed by atoms with van der Waals surface area (Å²) in [6.07, 6.45) is 1.44. The van der Waals surface area contributed by atoms with Crippen molar-refractivity contribution in [2.24, 2.45) is 0 Å². The molecule has 0 N–H and O–H groups in total. The highest BCUT2D eigenvalue weighted by atomic mass is 32.2. The minimum atomic E-state index is -3.57. The minimum Gasteiger partial charge on any atom is -0.497 e. The summed E-state index contributed by atoms with van der Waals surface area (Å²) in [6.45, 7) is 6.78. The Morgan fingerprint density at radius 3 is 2.62 bits per heavy atom. The van der Waals surface area contributed by atoms with Crippen molar-refractivity contribution in [1.82, 2.24) is 19.3 Å². The first kappa shape index (κ1) is 23.9. The monoisotopic (exact) mass is 483 g/mol. The molecule has 180 valence electrons. The van der Waals surface area contributed by atoms with E-state index in [1.165, 1.54) is 4.31 Å². The van der Waals surface area contributed by atoms with Crippen LogP contribution in [0.5, 0.6) is 5.75 Å². The first-order valence-corrected chi connectivity index (χ1v) is 12.8. The largest absolute Gasteiger partial charge is 0.497 e. The number of aromatic nitrogens is 3. The van der Waals surface area contributed by atoms with Crippen molar-refractivity contribution in [1.29, 1.82) is 0 Å². The zero-order valence-corrected chi connectivity index (χ0v) is 20.7. The maximum atomic E-state index is 13.5. The van der Waals surface area contributed by atoms with Crippen molar-refractivity contribution in [3.63, 3.8) is 0 Å². The summed E-state index contributed by atoms with van der Waals surface area (Å²) in [6, 6.07) is 12.4. The molecule has 0 atom stereocenters. The Kier molecular flexibility index (Phi) is 6.72. The SMILES string of the molecule is CCN(CC)S(=O)(=O)c1ccc2c(c1)CCCN2C(=O)c1nnn(-c2cccc(OC)c2)c1C. The van der Waals surface area contributed by atoms with E-state index >= 15 is 0 Å². The minimum absolute atomic E-state index is 0.254. The first-order chi connectivity index (χ1) is 16.3. The van der Waals surface area contributed by atoms with Gasteiger partial charge in [-0.1, -0.05) is 25.1 Å². The fraction of sp³-hybridized carbons (Fsp3) is 0.375. The van der Waals surface area contributed by atoms with Gasteiger partial charge in [-0.15, -0.1) is 5.10 Å². The number of carbonyl (C=O) groups excluding carboxylic acids is 1. The van der Waals surface area contributed by atoms with E-state index in [-0.39, 0.29) is 16.5 Å². The van der Waals surface area contributed by atoms with Gasteiger partial charge < -0.3 is 9.64 Å². The summed E-state index contributed by atoms with van der Waals surface area (Å²) in [7, 11) is -1.98. The van der Waals surface area contributed by atoms with Gasteiger partial charge in [0.2, 0.25) is 10.0 Å². The topological polar surface area (TPSA) is 97.6 Å². The van der Waals surface area contributed by atoms with E-state index in [4.69, 9.17) is 4.74 Å². The lowest BCUT2D eigenvalue weighted by Gasteiger charge is -2.30. The number of aryl methyl sites for hydroxylation is 1. The average Bonchev–Trinajstić information content (AvgIpc) is 3.24. The molecular formula is C24H29N5O4S. The summed E-state index contributed by atoms with van der Waals surface area (Å²) >= 11 is 0. The third-order valence-corrected chi connectivity index (χ3v) is 8.20. The van der Waals surface area contributed by atoms with Crippen LogP contribution >= 0.6 is 0 Å². The predicted octanol–water partition coefficient (Wildman–Crippen LogP) is 3.21. The number of nitrogens with zero attached hydrogens (tertiary/aromatic N) is 5. The van der Waals surface area contributed by atoms with Crippen LogP contribution in [-0.2, 0) is 16.4 Å². The zero-order valence-electron chi connectivity index (χ0n) is 19.9. The van der Waals surface area contributed by atoms with Crippen LogP contribution in [0.2, 0.25) is 0 Å². The van der Waals surface area contributed by atoms with Gasteiger partial charge in [-0.3, -0.25) is 4.79 Å². The molecule has 1 aliphatic rings. The van der Waals surface area contributed by atoms with Crippen molar-refractivity contribution in [3.05, 3.63) is 59.4 Å². The second-order valence-corrected chi connectivity index (χ2v) is 10.0. The number of amides is 1. The summed E-state index contributed by atoms with van der Waals surface area (Å²) < 4.78 is 34.2. The van der Waals surface area contributed by atoms with E-state index in [1.54, 1.807) is 41.8 Å². The lowest BCUT2D eigenvalue weighted by Crippen LogP contribution is -2.36. The Bertz CT molecular complexity index is 1310. The molecule has 2 aromatic carbocycles. The number of methoxy groups -OCH3 is 1. The number of fused-ring (bicyclic) bond motifs is 1. The number of rotatable bonds is 7. The average molecular weight is 484 g/mol. The molecule has 0 fully saturated rings. The second kappa shape index (κ2) is 9.55. The summed E-state index contributed by atoms with van der Waals surface area (Å²) in [5, 5.41) is 8.37. The summed E-state index contributed by atoms with van der Waals surface area (Å²) in [5.74, 6) is 0.424. The molecule has 0 saturated heterocycles. The fourth-order valence-corrected chi connectivity index (χ4v) is 5.81. The Morgan fingerprint density at radius 1 is 1.15 bits per heavy atom. The lowest BCUT2D eigenvalue weighted by molar-refractivity contribution is 0.0979. The second-order valence-electron chi connectivity index (χ2n) is 8.08. The van der Waals surface area contributed by atoms with E-state index in [9.17, 15) is 13.2 Å². The molecule has 3 aromatic rings. The standard InChI is InChI=1S/C24H29N5O4S/c1-5-27(6-2)34(31,32)21-12-13-22-18(15-21)9-8-14-28(22)24(30)23-17(3)29(26-25-23)19-10-7-11-20(16-19)33-4/h7,10-13,15-16H,5-6,8-9,14H2,1-4H3. The molecule has 4 rings (SSSR count). The quantitative estimate of drug-likeness (QED) is 0.512. The Labute approximate surface area is 200 Å². The van der Waals surface area contributed by atoms with Crippen LogP contribution in [0.1, 0.15) is 42.0 Å². The summed E-state index contributed by atoms with van der Waals surface area (Å²) in [4.78, 5) is 15.4. The molecule has 0 unspecified atom stereocenters. The molecule has 9 nitrogen and oxygen atoms in total. The third kappa shape index (κ3) is 4.19. The van der Waals surface area contributed by atoms with Crippen molar-refractivity contribution < 1.29 is 17.9 Å². The molecule has 10 heteroatoms. The van der Waals surface area contributed by atoms with Gasteiger partial charge in [0.15, 0.2) is 5.69 Å². The highest BCUT2D eigenvalue weighted by molar-refractivity contribution is 7.89. The molecule has 0 bridgehead atoms. The predicted molar refractivity (Wildman–Crippen MR) is 129 cm³/mol. The summed E-state index contributed by atoms with van der Waals surface area (Å²) in [5.41, 5.74) is 3.17. The molecule has 1 aromatic heterocycles. The van der Waals surface area contributed by atoms with Gasteiger partial charge in [-0.2, -0.15) is 4.31 Å². The molecule has 0 saturated carbocycles. The van der Waals surface area contributed by atoms with Gasteiger partial charge in [0.1, 0.15) is 5.75 Å². The molecule has 2 heterocycles. The zero-order chi connectivity index (χ0) is 24.5. The van der Waals surface area contributed by atoms with Gasteiger partial charge >= 0.3 is 0 Å².